The third kappa shape index (κ3) is 2.64. The minimum atomic E-state index is -3.73. The van der Waals surface area contributed by atoms with Crippen LogP contribution in [0.1, 0.15) is 11.1 Å². The Kier molecular flexibility index (Phi) is 3.90. The number of hydrogen-bond donors (Lipinski definition) is 0. The van der Waals surface area contributed by atoms with Gasteiger partial charge in [-0.2, -0.15) is 4.31 Å². The lowest BCUT2D eigenvalue weighted by Gasteiger charge is -2.46. The molecule has 126 valence electrons. The highest BCUT2D eigenvalue weighted by molar-refractivity contribution is 7.89. The third-order valence-electron chi connectivity index (χ3n) is 4.96. The van der Waals surface area contributed by atoms with E-state index < -0.39 is 15.8 Å². The largest absolute Gasteiger partial charge is 0.293 e. The normalized spacial score (nSPS) is 19.7. The molecule has 1 fully saturated rings. The molecule has 0 amide bonds. The Hall–Kier alpha value is -1.76. The summed E-state index contributed by atoms with van der Waals surface area (Å²) in [5.41, 5.74) is 2.70. The van der Waals surface area contributed by atoms with Gasteiger partial charge in [0.05, 0.1) is 0 Å². The van der Waals surface area contributed by atoms with Gasteiger partial charge >= 0.3 is 0 Å². The van der Waals surface area contributed by atoms with Crippen molar-refractivity contribution in [1.82, 2.24) is 9.21 Å². The lowest BCUT2D eigenvalue weighted by atomic mass is 9.97. The van der Waals surface area contributed by atoms with E-state index in [4.69, 9.17) is 0 Å². The van der Waals surface area contributed by atoms with Crippen molar-refractivity contribution < 1.29 is 12.8 Å². The topological polar surface area (TPSA) is 40.6 Å². The second-order valence-electron chi connectivity index (χ2n) is 6.40. The molecule has 2 aliphatic heterocycles. The fourth-order valence-corrected chi connectivity index (χ4v) is 5.05. The van der Waals surface area contributed by atoms with Crippen molar-refractivity contribution in [2.45, 2.75) is 23.9 Å². The summed E-state index contributed by atoms with van der Waals surface area (Å²) < 4.78 is 40.2. The molecule has 2 aromatic rings. The van der Waals surface area contributed by atoms with E-state index in [1.54, 1.807) is 6.07 Å². The number of nitrogens with zero attached hydrogens (tertiary/aromatic N) is 2. The summed E-state index contributed by atoms with van der Waals surface area (Å²) in [5, 5.41) is 0. The van der Waals surface area contributed by atoms with E-state index in [1.165, 1.54) is 33.6 Å². The predicted molar refractivity (Wildman–Crippen MR) is 89.5 cm³/mol. The van der Waals surface area contributed by atoms with Crippen LogP contribution in [0.3, 0.4) is 0 Å². The van der Waals surface area contributed by atoms with Crippen LogP contribution in [0, 0.1) is 5.82 Å². The Balaban J connectivity index is 1.45. The van der Waals surface area contributed by atoms with Crippen molar-refractivity contribution in [1.29, 1.82) is 0 Å². The third-order valence-corrected chi connectivity index (χ3v) is 6.82. The van der Waals surface area contributed by atoms with E-state index >= 15 is 0 Å². The molecule has 0 N–H and O–H groups in total. The van der Waals surface area contributed by atoms with Gasteiger partial charge in [-0.1, -0.05) is 36.4 Å². The van der Waals surface area contributed by atoms with E-state index in [0.717, 1.165) is 19.5 Å². The number of halogens is 1. The molecule has 24 heavy (non-hydrogen) atoms. The van der Waals surface area contributed by atoms with E-state index in [-0.39, 0.29) is 10.9 Å². The minimum absolute atomic E-state index is 0.208. The van der Waals surface area contributed by atoms with Gasteiger partial charge in [0.1, 0.15) is 10.7 Å². The van der Waals surface area contributed by atoms with Crippen molar-refractivity contribution in [3.8, 4) is 0 Å². The van der Waals surface area contributed by atoms with Gasteiger partial charge in [0.15, 0.2) is 0 Å². The Labute approximate surface area is 141 Å². The average Bonchev–Trinajstić information content (AvgIpc) is 2.53. The molecule has 0 aliphatic carbocycles. The Bertz CT molecular complexity index is 863. The highest BCUT2D eigenvalue weighted by Gasteiger charge is 2.41. The first-order valence-corrected chi connectivity index (χ1v) is 9.55. The molecule has 4 rings (SSSR count). The van der Waals surface area contributed by atoms with Crippen molar-refractivity contribution >= 4 is 10.0 Å². The zero-order chi connectivity index (χ0) is 16.7. The Morgan fingerprint density at radius 2 is 1.62 bits per heavy atom. The number of benzene rings is 2. The first-order valence-electron chi connectivity index (χ1n) is 8.11. The first kappa shape index (κ1) is 15.7. The molecule has 0 unspecified atom stereocenters. The van der Waals surface area contributed by atoms with Gasteiger partial charge in [-0.15, -0.1) is 0 Å². The van der Waals surface area contributed by atoms with Crippen LogP contribution in [0.15, 0.2) is 53.4 Å². The van der Waals surface area contributed by atoms with Crippen LogP contribution in [0.4, 0.5) is 4.39 Å². The molecule has 2 aromatic carbocycles. The number of fused-ring (bicyclic) bond motifs is 1. The van der Waals surface area contributed by atoms with E-state index in [2.05, 4.69) is 23.1 Å². The van der Waals surface area contributed by atoms with Gasteiger partial charge < -0.3 is 0 Å². The molecule has 0 bridgehead atoms. The first-order chi connectivity index (χ1) is 11.6. The molecule has 2 aliphatic rings. The molecular weight excluding hydrogens is 327 g/mol. The highest BCUT2D eigenvalue weighted by Crippen LogP contribution is 2.29. The Morgan fingerprint density at radius 3 is 2.38 bits per heavy atom. The monoisotopic (exact) mass is 346 g/mol. The van der Waals surface area contributed by atoms with Gasteiger partial charge in [-0.3, -0.25) is 4.90 Å². The maximum atomic E-state index is 13.8. The summed E-state index contributed by atoms with van der Waals surface area (Å²) in [7, 11) is -3.73. The van der Waals surface area contributed by atoms with Crippen LogP contribution in [0.5, 0.6) is 0 Å². The molecule has 0 saturated carbocycles. The summed E-state index contributed by atoms with van der Waals surface area (Å²) >= 11 is 0. The predicted octanol–water partition coefficient (Wildman–Crippen LogP) is 2.26. The summed E-state index contributed by atoms with van der Waals surface area (Å²) in [6.07, 6.45) is 0.993. The molecule has 1 saturated heterocycles. The van der Waals surface area contributed by atoms with Crippen LogP contribution >= 0.6 is 0 Å². The van der Waals surface area contributed by atoms with Gasteiger partial charge in [-0.05, 0) is 29.7 Å². The maximum absolute atomic E-state index is 13.8. The lowest BCUT2D eigenvalue weighted by molar-refractivity contribution is 0.0767. The average molecular weight is 346 g/mol. The number of rotatable bonds is 3. The van der Waals surface area contributed by atoms with Crippen LogP contribution < -0.4 is 0 Å². The maximum Gasteiger partial charge on any atom is 0.246 e. The van der Waals surface area contributed by atoms with Gasteiger partial charge in [-0.25, -0.2) is 12.8 Å². The number of sulfonamides is 1. The van der Waals surface area contributed by atoms with E-state index in [0.29, 0.717) is 13.1 Å². The summed E-state index contributed by atoms with van der Waals surface area (Å²) in [4.78, 5) is 2.10. The SMILES string of the molecule is O=S(=O)(c1ccccc1F)N1CC(N2CCc3ccccc3C2)C1. The van der Waals surface area contributed by atoms with Crippen molar-refractivity contribution in [2.75, 3.05) is 19.6 Å². The van der Waals surface area contributed by atoms with Gasteiger partial charge in [0.25, 0.3) is 0 Å². The summed E-state index contributed by atoms with van der Waals surface area (Å²) in [5.74, 6) is -0.687. The van der Waals surface area contributed by atoms with E-state index in [1.807, 2.05) is 6.07 Å². The molecule has 0 spiro atoms. The van der Waals surface area contributed by atoms with Crippen molar-refractivity contribution in [3.05, 3.63) is 65.5 Å². The van der Waals surface area contributed by atoms with Crippen LogP contribution in [-0.2, 0) is 23.0 Å². The zero-order valence-corrected chi connectivity index (χ0v) is 14.0. The molecule has 0 radical (unpaired) electrons. The zero-order valence-electron chi connectivity index (χ0n) is 13.2. The van der Waals surface area contributed by atoms with Gasteiger partial charge in [0.2, 0.25) is 10.0 Å². The molecule has 6 heteroatoms. The number of hydrogen-bond acceptors (Lipinski definition) is 3. The fraction of sp³-hybridized carbons (Fsp3) is 0.333. The highest BCUT2D eigenvalue weighted by atomic mass is 32.2. The molecule has 0 aromatic heterocycles. The molecule has 0 atom stereocenters. The quantitative estimate of drug-likeness (QED) is 0.856. The summed E-state index contributed by atoms with van der Waals surface area (Å²) in [6.45, 7) is 2.65. The smallest absolute Gasteiger partial charge is 0.246 e. The minimum Gasteiger partial charge on any atom is -0.293 e. The molecular formula is C18H19FN2O2S. The molecule has 2 heterocycles. The lowest BCUT2D eigenvalue weighted by Crippen LogP contribution is -2.61. The van der Waals surface area contributed by atoms with E-state index in [9.17, 15) is 12.8 Å². The van der Waals surface area contributed by atoms with Crippen LogP contribution in [0.2, 0.25) is 0 Å². The second kappa shape index (κ2) is 5.95. The standard InChI is InChI=1S/C18H19FN2O2S/c19-17-7-3-4-8-18(17)24(22,23)21-12-16(13-21)20-10-9-14-5-1-2-6-15(14)11-20/h1-8,16H,9-13H2. The van der Waals surface area contributed by atoms with Crippen LogP contribution in [0.25, 0.3) is 0 Å². The summed E-state index contributed by atoms with van der Waals surface area (Å²) in [6, 6.07) is 14.2. The van der Waals surface area contributed by atoms with Crippen molar-refractivity contribution in [3.63, 3.8) is 0 Å². The van der Waals surface area contributed by atoms with Crippen LogP contribution in [-0.4, -0.2) is 43.3 Å². The fourth-order valence-electron chi connectivity index (χ4n) is 3.47. The van der Waals surface area contributed by atoms with Crippen molar-refractivity contribution in [2.24, 2.45) is 0 Å². The van der Waals surface area contributed by atoms with Gasteiger partial charge in [0, 0.05) is 32.2 Å². The second-order valence-corrected chi connectivity index (χ2v) is 8.30. The molecule has 4 nitrogen and oxygen atoms in total. The Morgan fingerprint density at radius 1 is 0.958 bits per heavy atom.